The fraction of sp³-hybridized carbons (Fsp3) is 0.300. The summed E-state index contributed by atoms with van der Waals surface area (Å²) >= 11 is 6.01. The molecule has 0 aromatic carbocycles. The summed E-state index contributed by atoms with van der Waals surface area (Å²) in [5.41, 5.74) is 0.538. The Kier molecular flexibility index (Phi) is 2.55. The minimum Gasteiger partial charge on any atom is -0.362 e. The van der Waals surface area contributed by atoms with Gasteiger partial charge in [-0.3, -0.25) is 4.79 Å². The fourth-order valence-corrected chi connectivity index (χ4v) is 1.90. The van der Waals surface area contributed by atoms with E-state index in [1.54, 1.807) is 11.2 Å². The minimum atomic E-state index is -0.0412. The Bertz CT molecular complexity index is 425. The first-order chi connectivity index (χ1) is 7.52. The zero-order valence-electron chi connectivity index (χ0n) is 9.36. The molecule has 0 aromatic heterocycles. The molecular formula is C10H13ClN4O. The van der Waals surface area contributed by atoms with Gasteiger partial charge in [0.25, 0.3) is 0 Å². The predicted octanol–water partition coefficient (Wildman–Crippen LogP) is 0.951. The second kappa shape index (κ2) is 3.75. The molecule has 0 saturated carbocycles. The number of hydrogen-bond acceptors (Lipinski definition) is 5. The molecule has 2 heterocycles. The van der Waals surface area contributed by atoms with E-state index >= 15 is 0 Å². The third kappa shape index (κ3) is 1.53. The van der Waals surface area contributed by atoms with Crippen molar-refractivity contribution >= 4 is 17.6 Å². The highest BCUT2D eigenvalue weighted by Crippen LogP contribution is 2.30. The summed E-state index contributed by atoms with van der Waals surface area (Å²) in [4.78, 5) is 13.5. The Hall–Kier alpha value is -1.62. The Morgan fingerprint density at radius 3 is 2.75 bits per heavy atom. The molecule has 0 spiro atoms. The molecule has 0 amide bonds. The van der Waals surface area contributed by atoms with Crippen LogP contribution in [0.1, 0.15) is 6.92 Å². The molecule has 86 valence electrons. The normalized spacial score (nSPS) is 18.4. The van der Waals surface area contributed by atoms with Crippen LogP contribution in [0.25, 0.3) is 0 Å². The molecule has 0 bridgehead atoms. The molecule has 2 aliphatic heterocycles. The number of allylic oxidation sites excluding steroid dienone is 3. The lowest BCUT2D eigenvalue weighted by atomic mass is 10.3. The molecule has 1 N–H and O–H groups in total. The highest BCUT2D eigenvalue weighted by Gasteiger charge is 2.34. The van der Waals surface area contributed by atoms with Gasteiger partial charge >= 0.3 is 0 Å². The van der Waals surface area contributed by atoms with Crippen molar-refractivity contribution in [1.29, 1.82) is 0 Å². The Balaban J connectivity index is 2.47. The van der Waals surface area contributed by atoms with Crippen LogP contribution in [0.5, 0.6) is 0 Å². The van der Waals surface area contributed by atoms with Crippen molar-refractivity contribution in [3.63, 3.8) is 0 Å². The zero-order chi connectivity index (χ0) is 11.9. The van der Waals surface area contributed by atoms with Gasteiger partial charge in [0.15, 0.2) is 5.78 Å². The Labute approximate surface area is 99.3 Å². The zero-order valence-corrected chi connectivity index (χ0v) is 10.1. The minimum absolute atomic E-state index is 0.0412. The summed E-state index contributed by atoms with van der Waals surface area (Å²) in [5.74, 6) is 1.47. The number of Topliss-reactive ketones (excluding diaryl/α,β-unsaturated/α-hetero) is 1. The lowest BCUT2D eigenvalue weighted by molar-refractivity contribution is -0.115. The SMILES string of the molecule is CC(=O)C1=C(N(C)C)NC2=CC=CN(Cl)N21. The standard InChI is InChI=1S/C10H13ClN4O/c1-7(16)9-10(13(2)3)12-8-5-4-6-14(11)15(8)9/h4-6,12H,1-3H3. The third-order valence-electron chi connectivity index (χ3n) is 2.35. The van der Waals surface area contributed by atoms with E-state index in [0.717, 1.165) is 11.6 Å². The number of ketones is 1. The molecule has 0 aliphatic carbocycles. The average Bonchev–Trinajstić information content (AvgIpc) is 2.58. The first kappa shape index (κ1) is 10.9. The highest BCUT2D eigenvalue weighted by molar-refractivity contribution is 6.14. The van der Waals surface area contributed by atoms with Crippen LogP contribution in [0.15, 0.2) is 35.7 Å². The summed E-state index contributed by atoms with van der Waals surface area (Å²) in [6, 6.07) is 0. The van der Waals surface area contributed by atoms with Gasteiger partial charge in [-0.2, -0.15) is 4.53 Å². The number of carbonyl (C=O) groups is 1. The smallest absolute Gasteiger partial charge is 0.181 e. The maximum Gasteiger partial charge on any atom is 0.181 e. The Morgan fingerprint density at radius 2 is 2.19 bits per heavy atom. The maximum atomic E-state index is 11.7. The van der Waals surface area contributed by atoms with Crippen LogP contribution in [0.3, 0.4) is 0 Å². The number of nitrogens with one attached hydrogen (secondary N) is 1. The van der Waals surface area contributed by atoms with E-state index in [-0.39, 0.29) is 5.78 Å². The summed E-state index contributed by atoms with van der Waals surface area (Å²) in [7, 11) is 3.74. The Morgan fingerprint density at radius 1 is 1.50 bits per heavy atom. The van der Waals surface area contributed by atoms with Crippen molar-refractivity contribution in [3.05, 3.63) is 35.7 Å². The molecule has 0 unspecified atom stereocenters. The number of carbonyl (C=O) groups excluding carboxylic acids is 1. The van der Waals surface area contributed by atoms with Crippen LogP contribution in [0.2, 0.25) is 0 Å². The molecular weight excluding hydrogens is 228 g/mol. The van der Waals surface area contributed by atoms with Gasteiger partial charge < -0.3 is 10.2 Å². The number of halogens is 1. The molecule has 2 rings (SSSR count). The lowest BCUT2D eigenvalue weighted by Crippen LogP contribution is -2.34. The predicted molar refractivity (Wildman–Crippen MR) is 61.3 cm³/mol. The van der Waals surface area contributed by atoms with E-state index in [4.69, 9.17) is 11.8 Å². The van der Waals surface area contributed by atoms with Gasteiger partial charge in [0.05, 0.1) is 0 Å². The van der Waals surface area contributed by atoms with Crippen LogP contribution in [-0.4, -0.2) is 34.3 Å². The van der Waals surface area contributed by atoms with Crippen molar-refractivity contribution in [2.45, 2.75) is 6.92 Å². The quantitative estimate of drug-likeness (QED) is 0.728. The van der Waals surface area contributed by atoms with Gasteiger partial charge in [0.2, 0.25) is 0 Å². The van der Waals surface area contributed by atoms with Crippen molar-refractivity contribution in [3.8, 4) is 0 Å². The molecule has 6 heteroatoms. The van der Waals surface area contributed by atoms with E-state index in [2.05, 4.69) is 5.32 Å². The number of rotatable bonds is 2. The summed E-state index contributed by atoms with van der Waals surface area (Å²) in [6.07, 6.45) is 5.34. The van der Waals surface area contributed by atoms with Crippen LogP contribution in [0.4, 0.5) is 0 Å². The van der Waals surface area contributed by atoms with Crippen LogP contribution in [0, 0.1) is 0 Å². The molecule has 2 aliphatic rings. The molecule has 0 saturated heterocycles. The van der Waals surface area contributed by atoms with Crippen molar-refractivity contribution in [2.24, 2.45) is 0 Å². The maximum absolute atomic E-state index is 11.7. The average molecular weight is 241 g/mol. The van der Waals surface area contributed by atoms with E-state index in [1.807, 2.05) is 31.1 Å². The second-order valence-corrected chi connectivity index (χ2v) is 4.11. The number of hydrogen-bond donors (Lipinski definition) is 1. The monoisotopic (exact) mass is 240 g/mol. The number of nitrogens with zero attached hydrogens (tertiary/aromatic N) is 3. The summed E-state index contributed by atoms with van der Waals surface area (Å²) in [6.45, 7) is 1.52. The first-order valence-corrected chi connectivity index (χ1v) is 5.19. The van der Waals surface area contributed by atoms with Crippen molar-refractivity contribution < 1.29 is 4.79 Å². The highest BCUT2D eigenvalue weighted by atomic mass is 35.5. The second-order valence-electron chi connectivity index (χ2n) is 3.77. The number of hydrazine groups is 1. The lowest BCUT2D eigenvalue weighted by Gasteiger charge is -2.28. The van der Waals surface area contributed by atoms with Gasteiger partial charge in [0, 0.05) is 39.0 Å². The summed E-state index contributed by atoms with van der Waals surface area (Å²) in [5, 5.41) is 4.79. The van der Waals surface area contributed by atoms with E-state index < -0.39 is 0 Å². The molecule has 0 fully saturated rings. The first-order valence-electron chi connectivity index (χ1n) is 4.85. The van der Waals surface area contributed by atoms with E-state index in [1.165, 1.54) is 11.5 Å². The van der Waals surface area contributed by atoms with E-state index in [9.17, 15) is 4.79 Å². The van der Waals surface area contributed by atoms with Gasteiger partial charge in [0.1, 0.15) is 17.3 Å². The van der Waals surface area contributed by atoms with Crippen LogP contribution >= 0.6 is 11.8 Å². The summed E-state index contributed by atoms with van der Waals surface area (Å²) < 4.78 is 1.36. The van der Waals surface area contributed by atoms with Crippen molar-refractivity contribution in [1.82, 2.24) is 19.8 Å². The van der Waals surface area contributed by atoms with E-state index in [0.29, 0.717) is 5.70 Å². The van der Waals surface area contributed by atoms with Crippen LogP contribution < -0.4 is 5.32 Å². The molecule has 16 heavy (non-hydrogen) atoms. The number of fused-ring (bicyclic) bond motifs is 1. The van der Waals surface area contributed by atoms with Crippen molar-refractivity contribution in [2.75, 3.05) is 14.1 Å². The molecule has 5 nitrogen and oxygen atoms in total. The largest absolute Gasteiger partial charge is 0.362 e. The molecule has 0 aromatic rings. The van der Waals surface area contributed by atoms with Gasteiger partial charge in [-0.1, -0.05) is 0 Å². The van der Waals surface area contributed by atoms with Gasteiger partial charge in [-0.15, -0.1) is 0 Å². The fourth-order valence-electron chi connectivity index (χ4n) is 1.68. The third-order valence-corrected chi connectivity index (χ3v) is 2.61. The van der Waals surface area contributed by atoms with Gasteiger partial charge in [-0.25, -0.2) is 5.01 Å². The van der Waals surface area contributed by atoms with Gasteiger partial charge in [-0.05, 0) is 12.2 Å². The topological polar surface area (TPSA) is 38.8 Å². The molecule has 0 radical (unpaired) electrons. The molecule has 0 atom stereocenters. The van der Waals surface area contributed by atoms with Crippen LogP contribution in [-0.2, 0) is 4.79 Å².